The summed E-state index contributed by atoms with van der Waals surface area (Å²) in [5.41, 5.74) is 0. The van der Waals surface area contributed by atoms with Gasteiger partial charge in [-0.25, -0.2) is 17.9 Å². The Hall–Kier alpha value is -2.47. The highest BCUT2D eigenvalue weighted by molar-refractivity contribution is 5.77. The van der Waals surface area contributed by atoms with Crippen LogP contribution in [0.5, 0.6) is 5.75 Å². The first kappa shape index (κ1) is 26.6. The van der Waals surface area contributed by atoms with Crippen molar-refractivity contribution in [1.82, 2.24) is 0 Å². The molecule has 0 N–H and O–H groups in total. The normalized spacial score (nSPS) is 14.1. The molecular weight excluding hydrogens is 496 g/mol. The molecule has 0 radical (unpaired) electrons. The Morgan fingerprint density at radius 1 is 0.581 bits per heavy atom. The SMILES string of the molecule is O=C(F)C(F)(F)C(F)(F)OC(F)(F)C(F)(F)C(F)(F)Oc1c(F)c(F)c(F)c(F)c1F. The second-order valence-electron chi connectivity index (χ2n) is 5.08. The van der Waals surface area contributed by atoms with Crippen molar-refractivity contribution >= 4 is 6.04 Å². The predicted molar refractivity (Wildman–Crippen MR) is 58.8 cm³/mol. The van der Waals surface area contributed by atoms with Gasteiger partial charge >= 0.3 is 36.2 Å². The maximum Gasteiger partial charge on any atom is 0.474 e. The summed E-state index contributed by atoms with van der Waals surface area (Å²) in [6, 6.07) is -4.44. The third-order valence-corrected chi connectivity index (χ3v) is 3.00. The molecule has 178 valence electrons. The lowest BCUT2D eigenvalue weighted by atomic mass is 10.2. The molecule has 0 saturated carbocycles. The van der Waals surface area contributed by atoms with Crippen LogP contribution in [0.25, 0.3) is 0 Å². The van der Waals surface area contributed by atoms with Gasteiger partial charge in [0.1, 0.15) is 0 Å². The monoisotopic (exact) mass is 496 g/mol. The van der Waals surface area contributed by atoms with E-state index in [9.17, 15) is 75.0 Å². The van der Waals surface area contributed by atoms with Crippen LogP contribution in [0.2, 0.25) is 0 Å². The van der Waals surface area contributed by atoms with E-state index >= 15 is 0 Å². The van der Waals surface area contributed by atoms with Gasteiger partial charge in [-0.2, -0.15) is 57.1 Å². The Morgan fingerprint density at radius 3 is 1.29 bits per heavy atom. The zero-order chi connectivity index (χ0) is 25.0. The lowest BCUT2D eigenvalue weighted by Gasteiger charge is -2.34. The fourth-order valence-electron chi connectivity index (χ4n) is 1.44. The third-order valence-electron chi connectivity index (χ3n) is 3.00. The Morgan fingerprint density at radius 2 is 0.935 bits per heavy atom. The fourth-order valence-corrected chi connectivity index (χ4v) is 1.44. The molecular formula is C12F16O3. The smallest absolute Gasteiger partial charge is 0.421 e. The van der Waals surface area contributed by atoms with Crippen LogP contribution in [0, 0.1) is 29.1 Å². The summed E-state index contributed by atoms with van der Waals surface area (Å²) >= 11 is 0. The molecule has 0 spiro atoms. The van der Waals surface area contributed by atoms with Crippen LogP contribution in [-0.2, 0) is 9.53 Å². The molecule has 1 aromatic carbocycles. The second kappa shape index (κ2) is 7.59. The van der Waals surface area contributed by atoms with E-state index in [-0.39, 0.29) is 0 Å². The number of rotatable bonds is 8. The number of carbonyl (C=O) groups is 1. The molecule has 0 aliphatic heterocycles. The largest absolute Gasteiger partial charge is 0.474 e. The molecule has 0 unspecified atom stereocenters. The van der Waals surface area contributed by atoms with E-state index in [1.165, 1.54) is 4.74 Å². The van der Waals surface area contributed by atoms with E-state index in [1.54, 1.807) is 0 Å². The van der Waals surface area contributed by atoms with Crippen LogP contribution in [0.3, 0.4) is 0 Å². The van der Waals surface area contributed by atoms with Crippen LogP contribution in [0.1, 0.15) is 0 Å². The maximum atomic E-state index is 13.4. The minimum atomic E-state index is -7.65. The highest BCUT2D eigenvalue weighted by atomic mass is 19.4. The zero-order valence-corrected chi connectivity index (χ0v) is 13.3. The van der Waals surface area contributed by atoms with Gasteiger partial charge in [-0.3, -0.25) is 4.79 Å². The van der Waals surface area contributed by atoms with E-state index in [0.717, 1.165) is 0 Å². The molecule has 0 bridgehead atoms. The van der Waals surface area contributed by atoms with E-state index in [2.05, 4.69) is 4.74 Å². The lowest BCUT2D eigenvalue weighted by Crippen LogP contribution is -2.62. The molecule has 0 fully saturated rings. The number of hydrogen-bond donors (Lipinski definition) is 0. The molecule has 0 aromatic heterocycles. The van der Waals surface area contributed by atoms with Gasteiger partial charge in [-0.1, -0.05) is 0 Å². The van der Waals surface area contributed by atoms with E-state index in [0.29, 0.717) is 0 Å². The number of alkyl halides is 10. The summed E-state index contributed by atoms with van der Waals surface area (Å²) < 4.78 is 211. The van der Waals surface area contributed by atoms with Crippen molar-refractivity contribution in [2.45, 2.75) is 30.2 Å². The first-order chi connectivity index (χ1) is 13.5. The van der Waals surface area contributed by atoms with Crippen LogP contribution >= 0.6 is 0 Å². The molecule has 0 aliphatic rings. The molecule has 31 heavy (non-hydrogen) atoms. The lowest BCUT2D eigenvalue weighted by molar-refractivity contribution is -0.496. The Bertz CT molecular complexity index is 850. The first-order valence-electron chi connectivity index (χ1n) is 6.54. The molecule has 1 aromatic rings. The molecule has 0 saturated heterocycles. The average Bonchev–Trinajstić information content (AvgIpc) is 2.60. The molecule has 0 atom stereocenters. The topological polar surface area (TPSA) is 35.5 Å². The van der Waals surface area contributed by atoms with Crippen LogP contribution in [0.15, 0.2) is 0 Å². The Balaban J connectivity index is 3.44. The fraction of sp³-hybridized carbons (Fsp3) is 0.417. The number of hydrogen-bond acceptors (Lipinski definition) is 3. The van der Waals surface area contributed by atoms with Crippen molar-refractivity contribution in [3.63, 3.8) is 0 Å². The standard InChI is InChI=1S/C12F16O3/c13-1-2(14)4(16)6(5(17)3(1)15)30-11(25,26)9(21,22)12(27,28)31-10(23,24)8(19,20)7(18)29. The number of carbonyl (C=O) groups excluding carboxylic acids is 1. The number of benzene rings is 1. The van der Waals surface area contributed by atoms with Gasteiger partial charge < -0.3 is 4.74 Å². The van der Waals surface area contributed by atoms with Crippen LogP contribution in [-0.4, -0.2) is 36.2 Å². The maximum absolute atomic E-state index is 13.4. The van der Waals surface area contributed by atoms with E-state index in [4.69, 9.17) is 0 Å². The van der Waals surface area contributed by atoms with Gasteiger partial charge in [0.05, 0.1) is 0 Å². The highest BCUT2D eigenvalue weighted by Gasteiger charge is 2.80. The van der Waals surface area contributed by atoms with Crippen molar-refractivity contribution in [3.8, 4) is 5.75 Å². The molecule has 0 amide bonds. The minimum Gasteiger partial charge on any atom is -0.421 e. The quantitative estimate of drug-likeness (QED) is 0.212. The van der Waals surface area contributed by atoms with Crippen LogP contribution in [0.4, 0.5) is 70.2 Å². The second-order valence-corrected chi connectivity index (χ2v) is 5.08. The summed E-state index contributed by atoms with van der Waals surface area (Å²) in [6.07, 6.45) is -22.0. The average molecular weight is 496 g/mol. The van der Waals surface area contributed by atoms with Gasteiger partial charge in [0.25, 0.3) is 0 Å². The van der Waals surface area contributed by atoms with Gasteiger partial charge in [-0.05, 0) is 0 Å². The van der Waals surface area contributed by atoms with Crippen molar-refractivity contribution in [1.29, 1.82) is 0 Å². The summed E-state index contributed by atoms with van der Waals surface area (Å²) in [6.45, 7) is 0. The molecule has 0 aliphatic carbocycles. The predicted octanol–water partition coefficient (Wildman–Crippen LogP) is 5.32. The number of halogens is 16. The van der Waals surface area contributed by atoms with Gasteiger partial charge in [0.2, 0.25) is 34.8 Å². The van der Waals surface area contributed by atoms with Gasteiger partial charge in [-0.15, -0.1) is 0 Å². The first-order valence-corrected chi connectivity index (χ1v) is 6.54. The summed E-state index contributed by atoms with van der Waals surface area (Å²) in [5, 5.41) is 0. The highest BCUT2D eigenvalue weighted by Crippen LogP contribution is 2.51. The zero-order valence-electron chi connectivity index (χ0n) is 13.3. The number of ether oxygens (including phenoxy) is 2. The van der Waals surface area contributed by atoms with Crippen molar-refractivity contribution < 1.29 is 84.5 Å². The van der Waals surface area contributed by atoms with Crippen LogP contribution < -0.4 is 4.74 Å². The van der Waals surface area contributed by atoms with Gasteiger partial charge in [0, 0.05) is 0 Å². The van der Waals surface area contributed by atoms with Crippen molar-refractivity contribution in [3.05, 3.63) is 29.1 Å². The summed E-state index contributed by atoms with van der Waals surface area (Å²) in [7, 11) is 0. The molecule has 0 heterocycles. The Labute approximate surface area is 157 Å². The third kappa shape index (κ3) is 4.18. The van der Waals surface area contributed by atoms with Crippen molar-refractivity contribution in [2.75, 3.05) is 0 Å². The Kier molecular flexibility index (Phi) is 6.50. The van der Waals surface area contributed by atoms with E-state index < -0.39 is 71.0 Å². The summed E-state index contributed by atoms with van der Waals surface area (Å²) in [4.78, 5) is 9.69. The van der Waals surface area contributed by atoms with Crippen molar-refractivity contribution in [2.24, 2.45) is 0 Å². The molecule has 3 nitrogen and oxygen atoms in total. The summed E-state index contributed by atoms with van der Waals surface area (Å²) in [5.74, 6) is -34.0. The molecule has 1 rings (SSSR count). The minimum absolute atomic E-state index is 1.48. The van der Waals surface area contributed by atoms with E-state index in [1.807, 2.05) is 0 Å². The van der Waals surface area contributed by atoms with Gasteiger partial charge in [0.15, 0.2) is 0 Å². The molecule has 19 heteroatoms.